The summed E-state index contributed by atoms with van der Waals surface area (Å²) in [6.07, 6.45) is 1.69. The molecular weight excluding hydrogens is 376 g/mol. The highest BCUT2D eigenvalue weighted by atomic mass is 35.5. The molecule has 0 saturated carbocycles. The van der Waals surface area contributed by atoms with Crippen molar-refractivity contribution in [2.75, 3.05) is 48.4 Å². The SMILES string of the molecule is COc1ccc(Cl)cc1Nc1nncc(N2CCN(c3ccccc3)CC2)n1. The molecule has 1 N–H and O–H groups in total. The van der Waals surface area contributed by atoms with Crippen LogP contribution >= 0.6 is 11.6 Å². The first kappa shape index (κ1) is 18.3. The smallest absolute Gasteiger partial charge is 0.249 e. The number of nitrogens with zero attached hydrogens (tertiary/aromatic N) is 5. The highest BCUT2D eigenvalue weighted by molar-refractivity contribution is 6.31. The van der Waals surface area contributed by atoms with Gasteiger partial charge in [-0.05, 0) is 30.3 Å². The lowest BCUT2D eigenvalue weighted by Gasteiger charge is -2.36. The number of benzene rings is 2. The van der Waals surface area contributed by atoms with Crippen LogP contribution in [0.3, 0.4) is 0 Å². The van der Waals surface area contributed by atoms with Crippen molar-refractivity contribution in [3.63, 3.8) is 0 Å². The van der Waals surface area contributed by atoms with Crippen LogP contribution in [-0.2, 0) is 0 Å². The Morgan fingerprint density at radius 2 is 1.75 bits per heavy atom. The molecule has 7 nitrogen and oxygen atoms in total. The Morgan fingerprint density at radius 1 is 1.00 bits per heavy atom. The van der Waals surface area contributed by atoms with E-state index < -0.39 is 0 Å². The Hall–Kier alpha value is -3.06. The molecule has 1 aliphatic rings. The molecule has 2 aromatic carbocycles. The largest absolute Gasteiger partial charge is 0.495 e. The van der Waals surface area contributed by atoms with Crippen LogP contribution < -0.4 is 19.9 Å². The molecule has 1 aromatic heterocycles. The van der Waals surface area contributed by atoms with E-state index in [1.54, 1.807) is 31.5 Å². The molecule has 2 heterocycles. The van der Waals surface area contributed by atoms with Gasteiger partial charge in [0, 0.05) is 36.9 Å². The van der Waals surface area contributed by atoms with Crippen LogP contribution in [0, 0.1) is 0 Å². The summed E-state index contributed by atoms with van der Waals surface area (Å²) in [5, 5.41) is 11.9. The number of aromatic nitrogens is 3. The molecule has 0 spiro atoms. The fourth-order valence-corrected chi connectivity index (χ4v) is 3.40. The second-order valence-corrected chi connectivity index (χ2v) is 6.85. The van der Waals surface area contributed by atoms with Crippen molar-refractivity contribution >= 4 is 34.7 Å². The first-order chi connectivity index (χ1) is 13.7. The van der Waals surface area contributed by atoms with E-state index in [9.17, 15) is 0 Å². The maximum atomic E-state index is 6.09. The van der Waals surface area contributed by atoms with Gasteiger partial charge in [-0.3, -0.25) is 0 Å². The number of para-hydroxylation sites is 1. The number of hydrogen-bond acceptors (Lipinski definition) is 7. The summed E-state index contributed by atoms with van der Waals surface area (Å²) in [6.45, 7) is 3.60. The van der Waals surface area contributed by atoms with E-state index in [1.807, 2.05) is 6.07 Å². The van der Waals surface area contributed by atoms with Crippen LogP contribution in [0.4, 0.5) is 23.1 Å². The first-order valence-corrected chi connectivity index (χ1v) is 9.46. The Bertz CT molecular complexity index is 931. The normalized spacial score (nSPS) is 14.1. The van der Waals surface area contributed by atoms with Crippen molar-refractivity contribution in [1.82, 2.24) is 15.2 Å². The van der Waals surface area contributed by atoms with Crippen molar-refractivity contribution in [1.29, 1.82) is 0 Å². The zero-order valence-electron chi connectivity index (χ0n) is 15.5. The third-order valence-corrected chi connectivity index (χ3v) is 4.91. The highest BCUT2D eigenvalue weighted by Crippen LogP contribution is 2.29. The van der Waals surface area contributed by atoms with E-state index in [-0.39, 0.29) is 0 Å². The third kappa shape index (κ3) is 4.09. The van der Waals surface area contributed by atoms with Gasteiger partial charge >= 0.3 is 0 Å². The number of nitrogens with one attached hydrogen (secondary N) is 1. The van der Waals surface area contributed by atoms with Gasteiger partial charge < -0.3 is 19.9 Å². The number of piperazine rings is 1. The van der Waals surface area contributed by atoms with Gasteiger partial charge in [-0.1, -0.05) is 29.8 Å². The van der Waals surface area contributed by atoms with Gasteiger partial charge in [0.1, 0.15) is 5.75 Å². The molecule has 4 rings (SSSR count). The van der Waals surface area contributed by atoms with Crippen LogP contribution in [0.15, 0.2) is 54.7 Å². The summed E-state index contributed by atoms with van der Waals surface area (Å²) in [5.41, 5.74) is 1.95. The summed E-state index contributed by atoms with van der Waals surface area (Å²) < 4.78 is 5.36. The number of anilines is 4. The molecule has 1 aliphatic heterocycles. The molecule has 28 heavy (non-hydrogen) atoms. The first-order valence-electron chi connectivity index (χ1n) is 9.08. The topological polar surface area (TPSA) is 66.4 Å². The Labute approximate surface area is 168 Å². The average molecular weight is 397 g/mol. The van der Waals surface area contributed by atoms with E-state index >= 15 is 0 Å². The summed E-state index contributed by atoms with van der Waals surface area (Å²) in [5.74, 6) is 1.87. The fraction of sp³-hybridized carbons (Fsp3) is 0.250. The standard InChI is InChI=1S/C20H21ClN6O/c1-28-18-8-7-15(21)13-17(18)23-20-24-19(14-22-25-20)27-11-9-26(10-12-27)16-5-3-2-4-6-16/h2-8,13-14H,9-12H2,1H3,(H,23,24,25). The van der Waals surface area contributed by atoms with Gasteiger partial charge in [-0.15, -0.1) is 5.10 Å². The second kappa shape index (κ2) is 8.31. The minimum atomic E-state index is 0.406. The number of ether oxygens (including phenoxy) is 1. The zero-order valence-corrected chi connectivity index (χ0v) is 16.3. The van der Waals surface area contributed by atoms with Crippen LogP contribution in [0.25, 0.3) is 0 Å². The Balaban J connectivity index is 1.45. The number of rotatable bonds is 5. The summed E-state index contributed by atoms with van der Waals surface area (Å²) >= 11 is 6.09. The molecule has 0 atom stereocenters. The van der Waals surface area contributed by atoms with Crippen LogP contribution in [0.5, 0.6) is 5.75 Å². The van der Waals surface area contributed by atoms with E-state index in [4.69, 9.17) is 16.3 Å². The molecular formula is C20H21ClN6O. The monoisotopic (exact) mass is 396 g/mol. The van der Waals surface area contributed by atoms with Crippen molar-refractivity contribution in [2.45, 2.75) is 0 Å². The van der Waals surface area contributed by atoms with Crippen LogP contribution in [0.2, 0.25) is 5.02 Å². The lowest BCUT2D eigenvalue weighted by molar-refractivity contribution is 0.417. The molecule has 1 fully saturated rings. The van der Waals surface area contributed by atoms with E-state index in [0.717, 1.165) is 32.0 Å². The van der Waals surface area contributed by atoms with E-state index in [2.05, 4.69) is 54.6 Å². The van der Waals surface area contributed by atoms with Crippen molar-refractivity contribution < 1.29 is 4.74 Å². The predicted octanol–water partition coefficient (Wildman–Crippen LogP) is 3.60. The Morgan fingerprint density at radius 3 is 2.50 bits per heavy atom. The van der Waals surface area contributed by atoms with Crippen molar-refractivity contribution in [2.24, 2.45) is 0 Å². The molecule has 144 valence electrons. The zero-order chi connectivity index (χ0) is 19.3. The van der Waals surface area contributed by atoms with E-state index in [1.165, 1.54) is 5.69 Å². The number of halogens is 1. The Kier molecular flexibility index (Phi) is 5.43. The van der Waals surface area contributed by atoms with Gasteiger partial charge in [0.25, 0.3) is 0 Å². The fourth-order valence-electron chi connectivity index (χ4n) is 3.23. The van der Waals surface area contributed by atoms with E-state index in [0.29, 0.717) is 22.4 Å². The van der Waals surface area contributed by atoms with Gasteiger partial charge in [0.05, 0.1) is 19.0 Å². The van der Waals surface area contributed by atoms with Gasteiger partial charge in [-0.25, -0.2) is 0 Å². The minimum absolute atomic E-state index is 0.406. The molecule has 0 radical (unpaired) electrons. The van der Waals surface area contributed by atoms with Gasteiger partial charge in [0.2, 0.25) is 5.95 Å². The van der Waals surface area contributed by atoms with Gasteiger partial charge in [-0.2, -0.15) is 10.1 Å². The molecule has 1 saturated heterocycles. The molecule has 3 aromatic rings. The quantitative estimate of drug-likeness (QED) is 0.706. The predicted molar refractivity (Wildman–Crippen MR) is 112 cm³/mol. The van der Waals surface area contributed by atoms with Gasteiger partial charge in [0.15, 0.2) is 5.82 Å². The summed E-state index contributed by atoms with van der Waals surface area (Å²) in [4.78, 5) is 9.21. The molecule has 0 bridgehead atoms. The van der Waals surface area contributed by atoms with Crippen LogP contribution in [-0.4, -0.2) is 48.5 Å². The molecule has 8 heteroatoms. The molecule has 0 aliphatic carbocycles. The average Bonchev–Trinajstić information content (AvgIpc) is 2.75. The minimum Gasteiger partial charge on any atom is -0.495 e. The number of methoxy groups -OCH3 is 1. The maximum Gasteiger partial charge on any atom is 0.249 e. The van der Waals surface area contributed by atoms with Crippen molar-refractivity contribution in [3.05, 3.63) is 59.8 Å². The summed E-state index contributed by atoms with van der Waals surface area (Å²) in [7, 11) is 1.61. The number of hydrogen-bond donors (Lipinski definition) is 1. The second-order valence-electron chi connectivity index (χ2n) is 6.42. The summed E-state index contributed by atoms with van der Waals surface area (Å²) in [6, 6.07) is 15.8. The lowest BCUT2D eigenvalue weighted by Crippen LogP contribution is -2.46. The maximum absolute atomic E-state index is 6.09. The lowest BCUT2D eigenvalue weighted by atomic mass is 10.2. The van der Waals surface area contributed by atoms with Crippen molar-refractivity contribution in [3.8, 4) is 5.75 Å². The third-order valence-electron chi connectivity index (χ3n) is 4.68. The molecule has 0 unspecified atom stereocenters. The highest BCUT2D eigenvalue weighted by Gasteiger charge is 2.19. The molecule has 0 amide bonds. The van der Waals surface area contributed by atoms with Crippen LogP contribution in [0.1, 0.15) is 0 Å².